The highest BCUT2D eigenvalue weighted by Gasteiger charge is 2.27. The molecule has 29 heavy (non-hydrogen) atoms. The van der Waals surface area contributed by atoms with Crippen LogP contribution in [0.15, 0.2) is 18.2 Å². The summed E-state index contributed by atoms with van der Waals surface area (Å²) in [6, 6.07) is 3.58. The van der Waals surface area contributed by atoms with Gasteiger partial charge in [-0.05, 0) is 33.3 Å². The predicted octanol–water partition coefficient (Wildman–Crippen LogP) is 3.80. The number of aromatic nitrogens is 1. The van der Waals surface area contributed by atoms with Crippen LogP contribution in [0, 0.1) is 25.5 Å². The Balaban J connectivity index is 2.07. The summed E-state index contributed by atoms with van der Waals surface area (Å²) in [4.78, 5) is 15.3. The zero-order valence-corrected chi connectivity index (χ0v) is 17.5. The first-order chi connectivity index (χ1) is 13.8. The average molecular weight is 405 g/mol. The quantitative estimate of drug-likeness (QED) is 0.795. The summed E-state index contributed by atoms with van der Waals surface area (Å²) in [5.74, 6) is -1.41. The lowest BCUT2D eigenvalue weighted by molar-refractivity contribution is 0.0929. The topological polar surface area (TPSA) is 46.5 Å². The molecule has 158 valence electrons. The summed E-state index contributed by atoms with van der Waals surface area (Å²) >= 11 is 0. The van der Waals surface area contributed by atoms with Crippen molar-refractivity contribution >= 4 is 11.6 Å². The number of nitrogens with zero attached hydrogens (tertiary/aromatic N) is 2. The molecule has 7 heteroatoms. The molecule has 1 N–H and O–H groups in total. The lowest BCUT2D eigenvalue weighted by Gasteiger charge is -2.29. The molecule has 1 saturated heterocycles. The average Bonchev–Trinajstić information content (AvgIpc) is 2.94. The Morgan fingerprint density at radius 1 is 1.24 bits per heavy atom. The summed E-state index contributed by atoms with van der Waals surface area (Å²) in [5.41, 5.74) is 3.61. The third-order valence-electron chi connectivity index (χ3n) is 5.60. The summed E-state index contributed by atoms with van der Waals surface area (Å²) < 4.78 is 35.0. The van der Waals surface area contributed by atoms with Gasteiger partial charge in [0.1, 0.15) is 17.3 Å². The maximum absolute atomic E-state index is 14.3. The number of halogens is 2. The lowest BCUT2D eigenvalue weighted by atomic mass is 10.1. The van der Waals surface area contributed by atoms with E-state index in [4.69, 9.17) is 4.74 Å². The van der Waals surface area contributed by atoms with E-state index in [1.165, 1.54) is 12.1 Å². The fourth-order valence-electron chi connectivity index (χ4n) is 3.84. The molecule has 1 aromatic heterocycles. The number of anilines is 1. The SMILES string of the molecule is CC[C@H](C)NC(=O)c1c(C)c(N2CCOCC2)c(C)n1Cc1ccc(F)cc1F. The van der Waals surface area contributed by atoms with Gasteiger partial charge in [0.05, 0.1) is 25.4 Å². The van der Waals surface area contributed by atoms with Gasteiger partial charge in [-0.1, -0.05) is 13.0 Å². The molecule has 5 nitrogen and oxygen atoms in total. The molecule has 1 aliphatic rings. The standard InChI is InChI=1S/C22H29F2N3O2/c1-5-14(2)25-22(28)21-15(3)20(26-8-10-29-11-9-26)16(4)27(21)13-17-6-7-18(23)12-19(17)24/h6-7,12,14H,5,8-11,13H2,1-4H3,(H,25,28)/t14-/m0/s1. The second-order valence-corrected chi connectivity index (χ2v) is 7.61. The predicted molar refractivity (Wildman–Crippen MR) is 110 cm³/mol. The number of ether oxygens (including phenoxy) is 1. The minimum absolute atomic E-state index is 0.0277. The van der Waals surface area contributed by atoms with Crippen LogP contribution in [0.4, 0.5) is 14.5 Å². The van der Waals surface area contributed by atoms with Crippen LogP contribution < -0.4 is 10.2 Å². The molecule has 1 amide bonds. The number of hydrogen-bond acceptors (Lipinski definition) is 3. The van der Waals surface area contributed by atoms with Crippen LogP contribution >= 0.6 is 0 Å². The number of morpholine rings is 1. The van der Waals surface area contributed by atoms with Crippen molar-refractivity contribution in [2.75, 3.05) is 31.2 Å². The number of hydrogen-bond donors (Lipinski definition) is 1. The van der Waals surface area contributed by atoms with Crippen LogP contribution in [0.1, 0.15) is 47.6 Å². The molecule has 3 rings (SSSR count). The highest BCUT2D eigenvalue weighted by Crippen LogP contribution is 2.32. The lowest BCUT2D eigenvalue weighted by Crippen LogP contribution is -2.37. The second kappa shape index (κ2) is 8.95. The Morgan fingerprint density at radius 3 is 2.55 bits per heavy atom. The van der Waals surface area contributed by atoms with Crippen molar-refractivity contribution in [1.82, 2.24) is 9.88 Å². The van der Waals surface area contributed by atoms with Gasteiger partial charge in [0, 0.05) is 42.0 Å². The van der Waals surface area contributed by atoms with E-state index in [0.717, 1.165) is 42.5 Å². The summed E-state index contributed by atoms with van der Waals surface area (Å²) in [7, 11) is 0. The van der Waals surface area contributed by atoms with Crippen LogP contribution in [-0.2, 0) is 11.3 Å². The first-order valence-corrected chi connectivity index (χ1v) is 10.1. The van der Waals surface area contributed by atoms with Crippen molar-refractivity contribution in [2.45, 2.75) is 46.7 Å². The monoisotopic (exact) mass is 405 g/mol. The van der Waals surface area contributed by atoms with Crippen molar-refractivity contribution in [3.63, 3.8) is 0 Å². The van der Waals surface area contributed by atoms with Gasteiger partial charge in [-0.15, -0.1) is 0 Å². The molecule has 0 saturated carbocycles. The normalized spacial score (nSPS) is 15.4. The first-order valence-electron chi connectivity index (χ1n) is 10.1. The van der Waals surface area contributed by atoms with Crippen molar-refractivity contribution in [1.29, 1.82) is 0 Å². The van der Waals surface area contributed by atoms with Crippen LogP contribution in [-0.4, -0.2) is 42.8 Å². The Morgan fingerprint density at radius 2 is 1.93 bits per heavy atom. The molecule has 2 aromatic rings. The van der Waals surface area contributed by atoms with Crippen LogP contribution in [0.2, 0.25) is 0 Å². The van der Waals surface area contributed by atoms with Gasteiger partial charge in [-0.2, -0.15) is 0 Å². The van der Waals surface area contributed by atoms with E-state index in [1.54, 1.807) is 0 Å². The Kier molecular flexibility index (Phi) is 6.57. The molecule has 1 aliphatic heterocycles. The van der Waals surface area contributed by atoms with Gasteiger partial charge < -0.3 is 19.5 Å². The van der Waals surface area contributed by atoms with Crippen molar-refractivity contribution < 1.29 is 18.3 Å². The summed E-state index contributed by atoms with van der Waals surface area (Å²) in [6.45, 7) is 10.7. The largest absolute Gasteiger partial charge is 0.378 e. The van der Waals surface area contributed by atoms with Gasteiger partial charge in [-0.3, -0.25) is 4.79 Å². The molecule has 2 heterocycles. The molecule has 0 unspecified atom stereocenters. The first kappa shape index (κ1) is 21.3. The molecule has 1 aromatic carbocycles. The molecular weight excluding hydrogens is 376 g/mol. The highest BCUT2D eigenvalue weighted by atomic mass is 19.1. The van der Waals surface area contributed by atoms with E-state index in [9.17, 15) is 13.6 Å². The van der Waals surface area contributed by atoms with E-state index in [-0.39, 0.29) is 18.5 Å². The van der Waals surface area contributed by atoms with Gasteiger partial charge in [-0.25, -0.2) is 8.78 Å². The number of amides is 1. The molecule has 0 aliphatic carbocycles. The molecule has 0 bridgehead atoms. The van der Waals surface area contributed by atoms with E-state index in [2.05, 4.69) is 10.2 Å². The van der Waals surface area contributed by atoms with Crippen LogP contribution in [0.3, 0.4) is 0 Å². The van der Waals surface area contributed by atoms with E-state index < -0.39 is 11.6 Å². The highest BCUT2D eigenvalue weighted by molar-refractivity contribution is 5.96. The minimum atomic E-state index is -0.615. The van der Waals surface area contributed by atoms with Crippen molar-refractivity contribution in [3.05, 3.63) is 52.3 Å². The molecule has 1 fully saturated rings. The number of rotatable bonds is 6. The Hall–Kier alpha value is -2.41. The Bertz CT molecular complexity index is 889. The smallest absolute Gasteiger partial charge is 0.268 e. The fraction of sp³-hybridized carbons (Fsp3) is 0.500. The minimum Gasteiger partial charge on any atom is -0.378 e. The van der Waals surface area contributed by atoms with Crippen molar-refractivity contribution in [2.24, 2.45) is 0 Å². The zero-order valence-electron chi connectivity index (χ0n) is 17.5. The number of carbonyl (C=O) groups is 1. The van der Waals surface area contributed by atoms with E-state index in [1.807, 2.05) is 32.3 Å². The Labute approximate surface area is 170 Å². The van der Waals surface area contributed by atoms with Gasteiger partial charge in [0.15, 0.2) is 0 Å². The fourth-order valence-corrected chi connectivity index (χ4v) is 3.84. The second-order valence-electron chi connectivity index (χ2n) is 7.61. The van der Waals surface area contributed by atoms with Gasteiger partial charge in [0.2, 0.25) is 0 Å². The summed E-state index contributed by atoms with van der Waals surface area (Å²) in [5, 5.41) is 3.02. The maximum Gasteiger partial charge on any atom is 0.268 e. The third kappa shape index (κ3) is 4.45. The molecule has 1 atom stereocenters. The van der Waals surface area contributed by atoms with E-state index in [0.29, 0.717) is 24.5 Å². The number of nitrogens with one attached hydrogen (secondary N) is 1. The van der Waals surface area contributed by atoms with Crippen molar-refractivity contribution in [3.8, 4) is 0 Å². The van der Waals surface area contributed by atoms with Gasteiger partial charge >= 0.3 is 0 Å². The number of benzene rings is 1. The number of carbonyl (C=O) groups excluding carboxylic acids is 1. The summed E-state index contributed by atoms with van der Waals surface area (Å²) in [6.07, 6.45) is 0.813. The third-order valence-corrected chi connectivity index (χ3v) is 5.60. The van der Waals surface area contributed by atoms with Crippen LogP contribution in [0.5, 0.6) is 0 Å². The van der Waals surface area contributed by atoms with Crippen LogP contribution in [0.25, 0.3) is 0 Å². The molecular formula is C22H29F2N3O2. The van der Waals surface area contributed by atoms with Gasteiger partial charge in [0.25, 0.3) is 5.91 Å². The molecule has 0 spiro atoms. The zero-order chi connectivity index (χ0) is 21.1. The van der Waals surface area contributed by atoms with E-state index >= 15 is 0 Å². The molecule has 0 radical (unpaired) electrons. The maximum atomic E-state index is 14.3.